The molecule has 0 aliphatic heterocycles. The third kappa shape index (κ3) is 3.39. The fourth-order valence-electron chi connectivity index (χ4n) is 1.59. The van der Waals surface area contributed by atoms with Crippen molar-refractivity contribution in [2.75, 3.05) is 6.61 Å². The molecule has 18 heavy (non-hydrogen) atoms. The van der Waals surface area contributed by atoms with Gasteiger partial charge in [-0.15, -0.1) is 0 Å². The van der Waals surface area contributed by atoms with Gasteiger partial charge in [-0.25, -0.2) is 9.18 Å². The Morgan fingerprint density at radius 2 is 1.94 bits per heavy atom. The summed E-state index contributed by atoms with van der Waals surface area (Å²) < 4.78 is 18.3. The molecule has 0 saturated carbocycles. The van der Waals surface area contributed by atoms with Crippen molar-refractivity contribution in [3.05, 3.63) is 35.4 Å². The Morgan fingerprint density at radius 3 is 2.56 bits per heavy atom. The number of Topliss-reactive ketones (excluding diaryl/α,β-unsaturated/α-hetero) is 1. The zero-order chi connectivity index (χ0) is 13.5. The largest absolute Gasteiger partial charge is 0.463 e. The van der Waals surface area contributed by atoms with E-state index >= 15 is 0 Å². The van der Waals surface area contributed by atoms with E-state index in [2.05, 4.69) is 4.74 Å². The number of alkyl halides is 1. The zero-order valence-electron chi connectivity index (χ0n) is 10.6. The smallest absolute Gasteiger partial charge is 0.349 e. The highest BCUT2D eigenvalue weighted by Crippen LogP contribution is 2.14. The minimum Gasteiger partial charge on any atom is -0.463 e. The van der Waals surface area contributed by atoms with Gasteiger partial charge in [0.1, 0.15) is 0 Å². The number of carbonyl (C=O) groups is 2. The SMILES string of the molecule is CCCOC(=O)C(F)C(=O)c1ccccc1CC. The highest BCUT2D eigenvalue weighted by molar-refractivity contribution is 6.11. The number of hydrogen-bond acceptors (Lipinski definition) is 3. The van der Waals surface area contributed by atoms with Gasteiger partial charge in [0, 0.05) is 5.56 Å². The van der Waals surface area contributed by atoms with E-state index in [4.69, 9.17) is 0 Å². The maximum absolute atomic E-state index is 13.7. The van der Waals surface area contributed by atoms with E-state index in [0.717, 1.165) is 5.56 Å². The predicted molar refractivity (Wildman–Crippen MR) is 66.3 cm³/mol. The molecule has 3 nitrogen and oxygen atoms in total. The van der Waals surface area contributed by atoms with E-state index < -0.39 is 17.9 Å². The topological polar surface area (TPSA) is 43.4 Å². The molecule has 0 aliphatic carbocycles. The molecule has 0 fully saturated rings. The van der Waals surface area contributed by atoms with Crippen LogP contribution in [0.3, 0.4) is 0 Å². The van der Waals surface area contributed by atoms with Crippen molar-refractivity contribution < 1.29 is 18.7 Å². The lowest BCUT2D eigenvalue weighted by Crippen LogP contribution is -2.28. The van der Waals surface area contributed by atoms with Gasteiger partial charge in [-0.05, 0) is 18.4 Å². The lowest BCUT2D eigenvalue weighted by atomic mass is 9.99. The molecule has 0 N–H and O–H groups in total. The molecule has 1 aromatic rings. The van der Waals surface area contributed by atoms with Crippen LogP contribution in [0.15, 0.2) is 24.3 Å². The van der Waals surface area contributed by atoms with E-state index in [-0.39, 0.29) is 12.2 Å². The Kier molecular flexibility index (Phi) is 5.49. The Bertz CT molecular complexity index is 429. The number of carbonyl (C=O) groups excluding carboxylic acids is 2. The van der Waals surface area contributed by atoms with Crippen LogP contribution < -0.4 is 0 Å². The van der Waals surface area contributed by atoms with Gasteiger partial charge >= 0.3 is 5.97 Å². The van der Waals surface area contributed by atoms with Crippen LogP contribution in [0.1, 0.15) is 36.2 Å². The number of hydrogen-bond donors (Lipinski definition) is 0. The molecule has 0 bridgehead atoms. The third-order valence-electron chi connectivity index (χ3n) is 2.55. The Hall–Kier alpha value is -1.71. The van der Waals surface area contributed by atoms with Crippen molar-refractivity contribution in [1.82, 2.24) is 0 Å². The van der Waals surface area contributed by atoms with E-state index in [1.165, 1.54) is 6.07 Å². The van der Waals surface area contributed by atoms with Gasteiger partial charge in [0.25, 0.3) is 6.17 Å². The van der Waals surface area contributed by atoms with Gasteiger partial charge in [-0.2, -0.15) is 0 Å². The van der Waals surface area contributed by atoms with Crippen molar-refractivity contribution in [2.24, 2.45) is 0 Å². The third-order valence-corrected chi connectivity index (χ3v) is 2.55. The quantitative estimate of drug-likeness (QED) is 0.444. The van der Waals surface area contributed by atoms with Crippen molar-refractivity contribution in [3.63, 3.8) is 0 Å². The second kappa shape index (κ2) is 6.89. The van der Waals surface area contributed by atoms with Gasteiger partial charge in [0.2, 0.25) is 5.78 Å². The van der Waals surface area contributed by atoms with Crippen LogP contribution in [-0.4, -0.2) is 24.5 Å². The molecule has 1 rings (SSSR count). The number of ketones is 1. The lowest BCUT2D eigenvalue weighted by molar-refractivity contribution is -0.147. The number of esters is 1. The van der Waals surface area contributed by atoms with Crippen LogP contribution >= 0.6 is 0 Å². The lowest BCUT2D eigenvalue weighted by Gasteiger charge is -2.10. The van der Waals surface area contributed by atoms with Crippen LogP contribution in [0.5, 0.6) is 0 Å². The Labute approximate surface area is 106 Å². The summed E-state index contributed by atoms with van der Waals surface area (Å²) in [6.45, 7) is 3.80. The van der Waals surface area contributed by atoms with Gasteiger partial charge in [0.05, 0.1) is 6.61 Å². The standard InChI is InChI=1S/C14H17FO3/c1-3-9-18-14(17)12(15)13(16)11-8-6-5-7-10(11)4-2/h5-8,12H,3-4,9H2,1-2H3. The van der Waals surface area contributed by atoms with E-state index in [0.29, 0.717) is 12.8 Å². The highest BCUT2D eigenvalue weighted by Gasteiger charge is 2.29. The molecular weight excluding hydrogens is 235 g/mol. The molecule has 0 amide bonds. The van der Waals surface area contributed by atoms with Crippen LogP contribution in [0.25, 0.3) is 0 Å². The normalized spacial score (nSPS) is 11.9. The first-order valence-electron chi connectivity index (χ1n) is 6.04. The van der Waals surface area contributed by atoms with Crippen LogP contribution in [0, 0.1) is 0 Å². The maximum atomic E-state index is 13.7. The number of halogens is 1. The fourth-order valence-corrected chi connectivity index (χ4v) is 1.59. The highest BCUT2D eigenvalue weighted by atomic mass is 19.1. The molecule has 0 spiro atoms. The van der Waals surface area contributed by atoms with Crippen LogP contribution in [-0.2, 0) is 16.0 Å². The first kappa shape index (κ1) is 14.4. The number of rotatable bonds is 6. The summed E-state index contributed by atoms with van der Waals surface area (Å²) in [6.07, 6.45) is -1.03. The zero-order valence-corrected chi connectivity index (χ0v) is 10.6. The molecule has 0 aromatic heterocycles. The predicted octanol–water partition coefficient (Wildman–Crippen LogP) is 2.72. The van der Waals surface area contributed by atoms with E-state index in [1.54, 1.807) is 25.1 Å². The molecule has 4 heteroatoms. The van der Waals surface area contributed by atoms with Crippen LogP contribution in [0.4, 0.5) is 4.39 Å². The first-order valence-corrected chi connectivity index (χ1v) is 6.04. The molecule has 1 aromatic carbocycles. The molecule has 0 saturated heterocycles. The molecule has 1 unspecified atom stereocenters. The van der Waals surface area contributed by atoms with E-state index in [1.807, 2.05) is 6.92 Å². The molecule has 98 valence electrons. The second-order valence-corrected chi connectivity index (χ2v) is 3.91. The summed E-state index contributed by atoms with van der Waals surface area (Å²) in [6, 6.07) is 6.70. The second-order valence-electron chi connectivity index (χ2n) is 3.91. The summed E-state index contributed by atoms with van der Waals surface area (Å²) in [5.41, 5.74) is 0.981. The van der Waals surface area contributed by atoms with E-state index in [9.17, 15) is 14.0 Å². The first-order chi connectivity index (χ1) is 8.61. The summed E-state index contributed by atoms with van der Waals surface area (Å²) in [7, 11) is 0. The molecule has 0 heterocycles. The van der Waals surface area contributed by atoms with Crippen molar-refractivity contribution in [1.29, 1.82) is 0 Å². The summed E-state index contributed by atoms with van der Waals surface area (Å²) in [4.78, 5) is 23.2. The molecular formula is C14H17FO3. The van der Waals surface area contributed by atoms with Crippen molar-refractivity contribution >= 4 is 11.8 Å². The van der Waals surface area contributed by atoms with Crippen molar-refractivity contribution in [3.8, 4) is 0 Å². The monoisotopic (exact) mass is 252 g/mol. The maximum Gasteiger partial charge on any atom is 0.349 e. The minimum atomic E-state index is -2.23. The average Bonchev–Trinajstić information content (AvgIpc) is 2.42. The van der Waals surface area contributed by atoms with Gasteiger partial charge < -0.3 is 4.74 Å². The number of benzene rings is 1. The Morgan fingerprint density at radius 1 is 1.28 bits per heavy atom. The van der Waals surface area contributed by atoms with Gasteiger partial charge in [-0.1, -0.05) is 38.1 Å². The van der Waals surface area contributed by atoms with Crippen LogP contribution in [0.2, 0.25) is 0 Å². The fraction of sp³-hybridized carbons (Fsp3) is 0.429. The Balaban J connectivity index is 2.83. The number of aryl methyl sites for hydroxylation is 1. The minimum absolute atomic E-state index is 0.127. The van der Waals surface area contributed by atoms with Crippen molar-refractivity contribution in [2.45, 2.75) is 32.9 Å². The summed E-state index contributed by atoms with van der Waals surface area (Å²) in [5, 5.41) is 0. The van der Waals surface area contributed by atoms with Gasteiger partial charge in [-0.3, -0.25) is 4.79 Å². The summed E-state index contributed by atoms with van der Waals surface area (Å²) in [5.74, 6) is -1.93. The number of ether oxygens (including phenoxy) is 1. The average molecular weight is 252 g/mol. The molecule has 0 aliphatic rings. The molecule has 1 atom stereocenters. The molecule has 0 radical (unpaired) electrons. The summed E-state index contributed by atoms with van der Waals surface area (Å²) >= 11 is 0. The van der Waals surface area contributed by atoms with Gasteiger partial charge in [0.15, 0.2) is 0 Å².